The minimum absolute atomic E-state index is 0.250. The molecule has 4 nitrogen and oxygen atoms in total. The fraction of sp³-hybridized carbons (Fsp3) is 0.0526. The summed E-state index contributed by atoms with van der Waals surface area (Å²) < 4.78 is 5.19. The fourth-order valence-electron chi connectivity index (χ4n) is 2.54. The summed E-state index contributed by atoms with van der Waals surface area (Å²) in [5.41, 5.74) is 2.74. The van der Waals surface area contributed by atoms with Gasteiger partial charge in [-0.15, -0.1) is 0 Å². The smallest absolute Gasteiger partial charge is 0.288 e. The number of furan rings is 1. The van der Waals surface area contributed by atoms with Crippen LogP contribution in [0.1, 0.15) is 16.1 Å². The van der Waals surface area contributed by atoms with Gasteiger partial charge in [0.25, 0.3) is 5.91 Å². The molecule has 0 spiro atoms. The van der Waals surface area contributed by atoms with E-state index in [1.807, 2.05) is 54.6 Å². The SMILES string of the molecule is O=C(N[C@@H]1Sc2ccccc2N=C1c1ccccc1)c1ccco1. The second-order valence-electron chi connectivity index (χ2n) is 5.28. The lowest BCUT2D eigenvalue weighted by molar-refractivity contribution is 0.0928. The number of hydrogen-bond donors (Lipinski definition) is 1. The molecule has 1 aliphatic heterocycles. The molecule has 0 aliphatic carbocycles. The molecule has 1 N–H and O–H groups in total. The summed E-state index contributed by atoms with van der Waals surface area (Å²) in [6.07, 6.45) is 1.49. The molecule has 1 aliphatic rings. The normalized spacial score (nSPS) is 16.2. The number of carbonyl (C=O) groups excluding carboxylic acids is 1. The van der Waals surface area contributed by atoms with Crippen molar-refractivity contribution in [3.05, 3.63) is 84.3 Å². The zero-order valence-electron chi connectivity index (χ0n) is 12.7. The second kappa shape index (κ2) is 6.37. The highest BCUT2D eigenvalue weighted by Crippen LogP contribution is 2.38. The first-order valence-electron chi connectivity index (χ1n) is 7.55. The Morgan fingerprint density at radius 3 is 2.58 bits per heavy atom. The van der Waals surface area contributed by atoms with Crippen LogP contribution >= 0.6 is 11.8 Å². The van der Waals surface area contributed by atoms with Gasteiger partial charge in [-0.05, 0) is 29.8 Å². The van der Waals surface area contributed by atoms with Gasteiger partial charge in [0.15, 0.2) is 5.76 Å². The molecule has 0 fully saturated rings. The molecule has 1 atom stereocenters. The summed E-state index contributed by atoms with van der Waals surface area (Å²) in [4.78, 5) is 18.2. The minimum Gasteiger partial charge on any atom is -0.459 e. The van der Waals surface area contributed by atoms with Crippen molar-refractivity contribution in [2.75, 3.05) is 0 Å². The van der Waals surface area contributed by atoms with Crippen LogP contribution in [-0.4, -0.2) is 17.0 Å². The Morgan fingerprint density at radius 1 is 1.00 bits per heavy atom. The minimum atomic E-state index is -0.278. The molecule has 0 unspecified atom stereocenters. The Balaban J connectivity index is 1.71. The van der Waals surface area contributed by atoms with E-state index >= 15 is 0 Å². The lowest BCUT2D eigenvalue weighted by atomic mass is 10.1. The average molecular weight is 334 g/mol. The summed E-state index contributed by atoms with van der Waals surface area (Å²) >= 11 is 1.58. The van der Waals surface area contributed by atoms with E-state index in [4.69, 9.17) is 9.41 Å². The number of fused-ring (bicyclic) bond motifs is 1. The van der Waals surface area contributed by atoms with Crippen LogP contribution in [0.25, 0.3) is 0 Å². The highest BCUT2D eigenvalue weighted by molar-refractivity contribution is 8.00. The van der Waals surface area contributed by atoms with Crippen LogP contribution in [-0.2, 0) is 0 Å². The quantitative estimate of drug-likeness (QED) is 0.778. The number of para-hydroxylation sites is 1. The number of hydrogen-bond acceptors (Lipinski definition) is 4. The molecule has 1 amide bonds. The van der Waals surface area contributed by atoms with Crippen molar-refractivity contribution in [2.45, 2.75) is 10.3 Å². The Hall–Kier alpha value is -2.79. The lowest BCUT2D eigenvalue weighted by Crippen LogP contribution is -2.39. The molecule has 0 bridgehead atoms. The van der Waals surface area contributed by atoms with E-state index in [0.717, 1.165) is 21.9 Å². The first kappa shape index (κ1) is 14.8. The van der Waals surface area contributed by atoms with Gasteiger partial charge in [-0.2, -0.15) is 0 Å². The van der Waals surface area contributed by atoms with Gasteiger partial charge in [0.2, 0.25) is 0 Å². The van der Waals surface area contributed by atoms with Crippen molar-refractivity contribution >= 4 is 29.1 Å². The van der Waals surface area contributed by atoms with Crippen molar-refractivity contribution in [1.82, 2.24) is 5.32 Å². The zero-order chi connectivity index (χ0) is 16.4. The Labute approximate surface area is 143 Å². The Kier molecular flexibility index (Phi) is 3.92. The third kappa shape index (κ3) is 2.86. The van der Waals surface area contributed by atoms with Crippen molar-refractivity contribution in [1.29, 1.82) is 0 Å². The number of nitrogens with zero attached hydrogens (tertiary/aromatic N) is 1. The predicted octanol–water partition coefficient (Wildman–Crippen LogP) is 4.26. The molecule has 2 heterocycles. The van der Waals surface area contributed by atoms with E-state index in [1.165, 1.54) is 6.26 Å². The topological polar surface area (TPSA) is 54.6 Å². The summed E-state index contributed by atoms with van der Waals surface area (Å²) in [5.74, 6) is 0.0439. The third-order valence-electron chi connectivity index (χ3n) is 3.68. The van der Waals surface area contributed by atoms with Crippen LogP contribution in [0.15, 0.2) is 87.3 Å². The van der Waals surface area contributed by atoms with E-state index < -0.39 is 0 Å². The summed E-state index contributed by atoms with van der Waals surface area (Å²) in [6.45, 7) is 0. The van der Waals surface area contributed by atoms with Gasteiger partial charge in [-0.25, -0.2) is 4.99 Å². The van der Waals surface area contributed by atoms with Gasteiger partial charge in [-0.1, -0.05) is 54.2 Å². The molecular formula is C19H14N2O2S. The number of nitrogens with one attached hydrogen (secondary N) is 1. The highest BCUT2D eigenvalue weighted by Gasteiger charge is 2.27. The van der Waals surface area contributed by atoms with Crippen LogP contribution in [0, 0.1) is 0 Å². The van der Waals surface area contributed by atoms with Crippen LogP contribution in [0.5, 0.6) is 0 Å². The first-order chi connectivity index (χ1) is 11.8. The van der Waals surface area contributed by atoms with Crippen molar-refractivity contribution < 1.29 is 9.21 Å². The maximum Gasteiger partial charge on any atom is 0.288 e. The molecule has 3 aromatic rings. The maximum atomic E-state index is 12.4. The molecule has 24 heavy (non-hydrogen) atoms. The van der Waals surface area contributed by atoms with Crippen molar-refractivity contribution in [3.63, 3.8) is 0 Å². The Bertz CT molecular complexity index is 889. The molecule has 118 valence electrons. The lowest BCUT2D eigenvalue weighted by Gasteiger charge is -2.25. The van der Waals surface area contributed by atoms with E-state index in [1.54, 1.807) is 23.9 Å². The van der Waals surface area contributed by atoms with Gasteiger partial charge in [0, 0.05) is 4.90 Å². The summed E-state index contributed by atoms with van der Waals surface area (Å²) in [7, 11) is 0. The van der Waals surface area contributed by atoms with Crippen LogP contribution in [0.4, 0.5) is 5.69 Å². The number of thioether (sulfide) groups is 1. The molecule has 1 aromatic heterocycles. The average Bonchev–Trinajstić information content (AvgIpc) is 3.17. The van der Waals surface area contributed by atoms with Gasteiger partial charge in [0.1, 0.15) is 5.37 Å². The zero-order valence-corrected chi connectivity index (χ0v) is 13.5. The number of aliphatic imine (C=N–C) groups is 1. The number of rotatable bonds is 3. The van der Waals surface area contributed by atoms with Crippen molar-refractivity contribution in [3.8, 4) is 0 Å². The number of benzene rings is 2. The second-order valence-corrected chi connectivity index (χ2v) is 6.43. The largest absolute Gasteiger partial charge is 0.459 e. The maximum absolute atomic E-state index is 12.4. The molecule has 0 radical (unpaired) electrons. The van der Waals surface area contributed by atoms with E-state index in [0.29, 0.717) is 5.76 Å². The fourth-order valence-corrected chi connectivity index (χ4v) is 3.65. The molecule has 5 heteroatoms. The first-order valence-corrected chi connectivity index (χ1v) is 8.43. The van der Waals surface area contributed by atoms with E-state index in [9.17, 15) is 4.79 Å². The van der Waals surface area contributed by atoms with Gasteiger partial charge in [-0.3, -0.25) is 4.79 Å². The molecule has 0 saturated carbocycles. The summed E-state index contributed by atoms with van der Waals surface area (Å²) in [6, 6.07) is 21.2. The standard InChI is InChI=1S/C19H14N2O2S/c22-18(15-10-6-12-23-15)21-19-17(13-7-2-1-3-8-13)20-14-9-4-5-11-16(14)24-19/h1-12,19H,(H,21,22)/t19-/m1/s1. The monoisotopic (exact) mass is 334 g/mol. The molecule has 4 rings (SSSR count). The highest BCUT2D eigenvalue weighted by atomic mass is 32.2. The van der Waals surface area contributed by atoms with Gasteiger partial charge in [0.05, 0.1) is 17.7 Å². The van der Waals surface area contributed by atoms with Crippen molar-refractivity contribution in [2.24, 2.45) is 4.99 Å². The summed E-state index contributed by atoms with van der Waals surface area (Å²) in [5, 5.41) is 2.73. The molecule has 2 aromatic carbocycles. The van der Waals surface area contributed by atoms with Crippen LogP contribution in [0.3, 0.4) is 0 Å². The van der Waals surface area contributed by atoms with Gasteiger partial charge >= 0.3 is 0 Å². The predicted molar refractivity (Wildman–Crippen MR) is 94.9 cm³/mol. The number of amides is 1. The third-order valence-corrected chi connectivity index (χ3v) is 4.85. The number of carbonyl (C=O) groups is 1. The van der Waals surface area contributed by atoms with E-state index in [-0.39, 0.29) is 11.3 Å². The molecule has 0 saturated heterocycles. The Morgan fingerprint density at radius 2 is 1.79 bits per heavy atom. The van der Waals surface area contributed by atoms with Crippen LogP contribution < -0.4 is 5.32 Å². The van der Waals surface area contributed by atoms with Gasteiger partial charge < -0.3 is 9.73 Å². The molecular weight excluding hydrogens is 320 g/mol. The van der Waals surface area contributed by atoms with Crippen LogP contribution in [0.2, 0.25) is 0 Å². The van der Waals surface area contributed by atoms with E-state index in [2.05, 4.69) is 5.32 Å².